The van der Waals surface area contributed by atoms with E-state index in [-0.39, 0.29) is 17.2 Å². The predicted molar refractivity (Wildman–Crippen MR) is 91.7 cm³/mol. The van der Waals surface area contributed by atoms with Crippen LogP contribution in [0, 0.1) is 0 Å². The molecule has 5 heteroatoms. The zero-order chi connectivity index (χ0) is 16.1. The second-order valence-electron chi connectivity index (χ2n) is 5.03. The highest BCUT2D eigenvalue weighted by molar-refractivity contribution is 7.13. The molecule has 0 saturated heterocycles. The van der Waals surface area contributed by atoms with Crippen LogP contribution in [0.25, 0.3) is 10.6 Å². The van der Waals surface area contributed by atoms with Crippen molar-refractivity contribution in [3.8, 4) is 16.3 Å². The third-order valence-corrected chi connectivity index (χ3v) is 4.33. The SMILES string of the molecule is O=C(NCCc1csc(-c2ccccc2)n1)c1ccccc1O. The number of nitrogens with one attached hydrogen (secondary N) is 1. The zero-order valence-corrected chi connectivity index (χ0v) is 13.2. The number of amides is 1. The first-order valence-corrected chi connectivity index (χ1v) is 8.18. The number of aromatic nitrogens is 1. The fourth-order valence-corrected chi connectivity index (χ4v) is 3.06. The minimum Gasteiger partial charge on any atom is -0.507 e. The summed E-state index contributed by atoms with van der Waals surface area (Å²) < 4.78 is 0. The summed E-state index contributed by atoms with van der Waals surface area (Å²) in [4.78, 5) is 16.6. The van der Waals surface area contributed by atoms with Crippen molar-refractivity contribution in [2.24, 2.45) is 0 Å². The van der Waals surface area contributed by atoms with Crippen LogP contribution in [0.5, 0.6) is 5.75 Å². The normalized spacial score (nSPS) is 10.4. The first-order valence-electron chi connectivity index (χ1n) is 7.30. The number of carbonyl (C=O) groups excluding carboxylic acids is 1. The van der Waals surface area contributed by atoms with Crippen LogP contribution in [0.2, 0.25) is 0 Å². The van der Waals surface area contributed by atoms with Crippen LogP contribution in [0.3, 0.4) is 0 Å². The van der Waals surface area contributed by atoms with E-state index in [1.54, 1.807) is 29.5 Å². The fourth-order valence-electron chi connectivity index (χ4n) is 2.20. The fraction of sp³-hybridized carbons (Fsp3) is 0.111. The van der Waals surface area contributed by atoms with Gasteiger partial charge in [0.1, 0.15) is 10.8 Å². The molecule has 0 saturated carbocycles. The van der Waals surface area contributed by atoms with Crippen molar-refractivity contribution in [2.45, 2.75) is 6.42 Å². The summed E-state index contributed by atoms with van der Waals surface area (Å²) >= 11 is 1.60. The maximum Gasteiger partial charge on any atom is 0.255 e. The number of thiazole rings is 1. The smallest absolute Gasteiger partial charge is 0.255 e. The van der Waals surface area contributed by atoms with E-state index in [1.807, 2.05) is 35.7 Å². The molecule has 2 N–H and O–H groups in total. The number of hydrogen-bond acceptors (Lipinski definition) is 4. The van der Waals surface area contributed by atoms with Gasteiger partial charge in [0, 0.05) is 23.9 Å². The Morgan fingerprint density at radius 1 is 1.09 bits per heavy atom. The standard InChI is InChI=1S/C18H16N2O2S/c21-16-9-5-4-8-15(16)17(22)19-11-10-14-12-23-18(20-14)13-6-2-1-3-7-13/h1-9,12,21H,10-11H2,(H,19,22). The maximum absolute atomic E-state index is 12.0. The lowest BCUT2D eigenvalue weighted by atomic mass is 10.2. The molecule has 2 aromatic carbocycles. The molecule has 0 radical (unpaired) electrons. The van der Waals surface area contributed by atoms with E-state index in [9.17, 15) is 9.90 Å². The van der Waals surface area contributed by atoms with Crippen LogP contribution >= 0.6 is 11.3 Å². The van der Waals surface area contributed by atoms with Crippen LogP contribution in [0.1, 0.15) is 16.1 Å². The number of hydrogen-bond donors (Lipinski definition) is 2. The average Bonchev–Trinajstić information content (AvgIpc) is 3.05. The van der Waals surface area contributed by atoms with Gasteiger partial charge in [0.2, 0.25) is 0 Å². The van der Waals surface area contributed by atoms with Crippen molar-refractivity contribution in [1.82, 2.24) is 10.3 Å². The van der Waals surface area contributed by atoms with E-state index in [4.69, 9.17) is 0 Å². The van der Waals surface area contributed by atoms with E-state index in [1.165, 1.54) is 6.07 Å². The van der Waals surface area contributed by atoms with E-state index in [0.717, 1.165) is 16.3 Å². The zero-order valence-electron chi connectivity index (χ0n) is 12.4. The molecular weight excluding hydrogens is 308 g/mol. The molecule has 0 unspecified atom stereocenters. The van der Waals surface area contributed by atoms with Gasteiger partial charge in [0.05, 0.1) is 11.3 Å². The summed E-state index contributed by atoms with van der Waals surface area (Å²) in [5.74, 6) is -0.286. The molecule has 116 valence electrons. The summed E-state index contributed by atoms with van der Waals surface area (Å²) in [5, 5.41) is 15.4. The molecular formula is C18H16N2O2S. The number of carbonyl (C=O) groups is 1. The third kappa shape index (κ3) is 3.76. The molecule has 4 nitrogen and oxygen atoms in total. The molecule has 1 heterocycles. The lowest BCUT2D eigenvalue weighted by molar-refractivity contribution is 0.0951. The lowest BCUT2D eigenvalue weighted by Gasteiger charge is -2.05. The Kier molecular flexibility index (Phi) is 4.68. The Balaban J connectivity index is 1.56. The molecule has 0 atom stereocenters. The minimum absolute atomic E-state index is 0.00924. The first-order chi connectivity index (χ1) is 11.2. The quantitative estimate of drug-likeness (QED) is 0.755. The molecule has 0 spiro atoms. The van der Waals surface area contributed by atoms with Gasteiger partial charge in [-0.05, 0) is 12.1 Å². The highest BCUT2D eigenvalue weighted by Gasteiger charge is 2.10. The number of phenols is 1. The van der Waals surface area contributed by atoms with Crippen LogP contribution in [0.15, 0.2) is 60.0 Å². The Labute approximate surface area is 138 Å². The summed E-state index contributed by atoms with van der Waals surface area (Å²) in [6.45, 7) is 0.477. The minimum atomic E-state index is -0.276. The molecule has 1 aromatic heterocycles. The van der Waals surface area contributed by atoms with E-state index in [0.29, 0.717) is 13.0 Å². The molecule has 0 aliphatic rings. The van der Waals surface area contributed by atoms with Gasteiger partial charge in [0.15, 0.2) is 0 Å². The van der Waals surface area contributed by atoms with Gasteiger partial charge in [0.25, 0.3) is 5.91 Å². The van der Waals surface area contributed by atoms with Crippen LogP contribution < -0.4 is 5.32 Å². The second-order valence-corrected chi connectivity index (χ2v) is 5.89. The number of aromatic hydroxyl groups is 1. The molecule has 0 aliphatic heterocycles. The number of nitrogens with zero attached hydrogens (tertiary/aromatic N) is 1. The highest BCUT2D eigenvalue weighted by Crippen LogP contribution is 2.23. The van der Waals surface area contributed by atoms with Crippen LogP contribution in [-0.2, 0) is 6.42 Å². The van der Waals surface area contributed by atoms with Crippen molar-refractivity contribution in [2.75, 3.05) is 6.54 Å². The van der Waals surface area contributed by atoms with E-state index in [2.05, 4.69) is 10.3 Å². The molecule has 3 rings (SSSR count). The van der Waals surface area contributed by atoms with Crippen molar-refractivity contribution in [3.05, 3.63) is 71.2 Å². The number of rotatable bonds is 5. The third-order valence-electron chi connectivity index (χ3n) is 3.39. The molecule has 0 aliphatic carbocycles. The van der Waals surface area contributed by atoms with E-state index >= 15 is 0 Å². The van der Waals surface area contributed by atoms with Gasteiger partial charge in [-0.3, -0.25) is 4.79 Å². The molecule has 0 bridgehead atoms. The number of phenolic OH excluding ortho intramolecular Hbond substituents is 1. The Morgan fingerprint density at radius 3 is 2.61 bits per heavy atom. The summed E-state index contributed by atoms with van der Waals surface area (Å²) in [6, 6.07) is 16.5. The predicted octanol–water partition coefficient (Wildman–Crippen LogP) is 3.49. The average molecular weight is 324 g/mol. The summed E-state index contributed by atoms with van der Waals surface area (Å²) in [7, 11) is 0. The molecule has 23 heavy (non-hydrogen) atoms. The number of benzene rings is 2. The van der Waals surface area contributed by atoms with Crippen molar-refractivity contribution >= 4 is 17.2 Å². The second kappa shape index (κ2) is 7.07. The first kappa shape index (κ1) is 15.2. The Morgan fingerprint density at radius 2 is 1.83 bits per heavy atom. The monoisotopic (exact) mass is 324 g/mol. The van der Waals surface area contributed by atoms with Gasteiger partial charge >= 0.3 is 0 Å². The Bertz CT molecular complexity index is 800. The van der Waals surface area contributed by atoms with Crippen molar-refractivity contribution < 1.29 is 9.90 Å². The van der Waals surface area contributed by atoms with Crippen molar-refractivity contribution in [1.29, 1.82) is 0 Å². The molecule has 3 aromatic rings. The van der Waals surface area contributed by atoms with Crippen LogP contribution in [-0.4, -0.2) is 22.5 Å². The van der Waals surface area contributed by atoms with Gasteiger partial charge in [-0.15, -0.1) is 11.3 Å². The number of para-hydroxylation sites is 1. The molecule has 1 amide bonds. The Hall–Kier alpha value is -2.66. The summed E-state index contributed by atoms with van der Waals surface area (Å²) in [6.07, 6.45) is 0.655. The van der Waals surface area contributed by atoms with E-state index < -0.39 is 0 Å². The summed E-state index contributed by atoms with van der Waals surface area (Å²) in [5.41, 5.74) is 2.34. The van der Waals surface area contributed by atoms with Gasteiger partial charge in [-0.25, -0.2) is 4.98 Å². The van der Waals surface area contributed by atoms with Crippen LogP contribution in [0.4, 0.5) is 0 Å². The van der Waals surface area contributed by atoms with Gasteiger partial charge in [-0.1, -0.05) is 42.5 Å². The largest absolute Gasteiger partial charge is 0.507 e. The van der Waals surface area contributed by atoms with Crippen molar-refractivity contribution in [3.63, 3.8) is 0 Å². The molecule has 0 fully saturated rings. The lowest BCUT2D eigenvalue weighted by Crippen LogP contribution is -2.25. The van der Waals surface area contributed by atoms with Gasteiger partial charge in [-0.2, -0.15) is 0 Å². The maximum atomic E-state index is 12.0. The van der Waals surface area contributed by atoms with Gasteiger partial charge < -0.3 is 10.4 Å². The topological polar surface area (TPSA) is 62.2 Å². The highest BCUT2D eigenvalue weighted by atomic mass is 32.1.